The van der Waals surface area contributed by atoms with E-state index in [1.165, 1.54) is 0 Å². The third-order valence-corrected chi connectivity index (χ3v) is 1.75. The van der Waals surface area contributed by atoms with Crippen molar-refractivity contribution < 1.29 is 0 Å². The van der Waals surface area contributed by atoms with E-state index in [1.54, 1.807) is 12.3 Å². The Hall–Kier alpha value is -1.20. The maximum Gasteiger partial charge on any atom is 0.125 e. The Morgan fingerprint density at radius 1 is 1.54 bits per heavy atom. The topological polar surface area (TPSA) is 24.9 Å². The molecule has 68 valence electrons. The molecule has 0 aromatic carbocycles. The van der Waals surface area contributed by atoms with Gasteiger partial charge in [0, 0.05) is 19.2 Å². The standard InChI is InChI=1S/C10H11ClN2/c1-2-3-4-7-12-10-6-5-9(11)8-13-10/h1,5-6,8H,3-4,7H2,(H,12,13). The van der Waals surface area contributed by atoms with Crippen LogP contribution in [-0.4, -0.2) is 11.5 Å². The Morgan fingerprint density at radius 3 is 3.00 bits per heavy atom. The molecule has 0 saturated carbocycles. The molecule has 0 bridgehead atoms. The number of aromatic nitrogens is 1. The van der Waals surface area contributed by atoms with Gasteiger partial charge in [0.05, 0.1) is 5.02 Å². The van der Waals surface area contributed by atoms with Crippen LogP contribution in [0.15, 0.2) is 18.3 Å². The average molecular weight is 195 g/mol. The van der Waals surface area contributed by atoms with Crippen molar-refractivity contribution in [2.75, 3.05) is 11.9 Å². The van der Waals surface area contributed by atoms with E-state index in [4.69, 9.17) is 18.0 Å². The number of nitrogens with one attached hydrogen (secondary N) is 1. The van der Waals surface area contributed by atoms with Crippen molar-refractivity contribution >= 4 is 17.4 Å². The highest BCUT2D eigenvalue weighted by Crippen LogP contribution is 2.09. The van der Waals surface area contributed by atoms with Crippen LogP contribution in [0.25, 0.3) is 0 Å². The number of pyridine rings is 1. The molecule has 1 rings (SSSR count). The number of hydrogen-bond donors (Lipinski definition) is 1. The highest BCUT2D eigenvalue weighted by molar-refractivity contribution is 6.30. The molecule has 2 nitrogen and oxygen atoms in total. The second-order valence-corrected chi connectivity index (χ2v) is 3.03. The van der Waals surface area contributed by atoms with E-state index in [0.717, 1.165) is 25.2 Å². The molecule has 0 saturated heterocycles. The highest BCUT2D eigenvalue weighted by atomic mass is 35.5. The summed E-state index contributed by atoms with van der Waals surface area (Å²) in [6.45, 7) is 0.846. The summed E-state index contributed by atoms with van der Waals surface area (Å²) in [4.78, 5) is 4.08. The Morgan fingerprint density at radius 2 is 2.38 bits per heavy atom. The van der Waals surface area contributed by atoms with E-state index in [9.17, 15) is 0 Å². The predicted molar refractivity (Wildman–Crippen MR) is 55.8 cm³/mol. The fourth-order valence-electron chi connectivity index (χ4n) is 0.887. The summed E-state index contributed by atoms with van der Waals surface area (Å²) in [5.74, 6) is 3.42. The Bertz CT molecular complexity index is 287. The fourth-order valence-corrected chi connectivity index (χ4v) is 0.999. The van der Waals surface area contributed by atoms with Crippen LogP contribution >= 0.6 is 11.6 Å². The monoisotopic (exact) mass is 194 g/mol. The van der Waals surface area contributed by atoms with Crippen molar-refractivity contribution in [3.8, 4) is 12.3 Å². The maximum atomic E-state index is 5.68. The van der Waals surface area contributed by atoms with Crippen LogP contribution in [-0.2, 0) is 0 Å². The third-order valence-electron chi connectivity index (χ3n) is 1.53. The molecule has 1 N–H and O–H groups in total. The number of anilines is 1. The van der Waals surface area contributed by atoms with Gasteiger partial charge in [-0.25, -0.2) is 4.98 Å². The Balaban J connectivity index is 2.30. The molecule has 0 aliphatic rings. The molecular weight excluding hydrogens is 184 g/mol. The number of halogens is 1. The number of terminal acetylenes is 1. The van der Waals surface area contributed by atoms with Gasteiger partial charge in [-0.05, 0) is 18.6 Å². The van der Waals surface area contributed by atoms with E-state index in [2.05, 4.69) is 16.2 Å². The molecule has 0 unspecified atom stereocenters. The van der Waals surface area contributed by atoms with Crippen LogP contribution in [0.1, 0.15) is 12.8 Å². The lowest BCUT2D eigenvalue weighted by Gasteiger charge is -2.02. The minimum Gasteiger partial charge on any atom is -0.370 e. The van der Waals surface area contributed by atoms with Gasteiger partial charge in [0.2, 0.25) is 0 Å². The Labute approximate surface area is 83.3 Å². The van der Waals surface area contributed by atoms with Crippen LogP contribution in [0.4, 0.5) is 5.82 Å². The Kier molecular flexibility index (Phi) is 4.14. The average Bonchev–Trinajstić information content (AvgIpc) is 2.15. The first kappa shape index (κ1) is 9.88. The van der Waals surface area contributed by atoms with E-state index < -0.39 is 0 Å². The van der Waals surface area contributed by atoms with Crippen LogP contribution in [0, 0.1) is 12.3 Å². The first-order chi connectivity index (χ1) is 6.33. The second kappa shape index (κ2) is 5.45. The molecule has 1 heterocycles. The molecule has 0 radical (unpaired) electrons. The highest BCUT2D eigenvalue weighted by Gasteiger charge is 1.91. The predicted octanol–water partition coefficient (Wildman–Crippen LogP) is 2.56. The van der Waals surface area contributed by atoms with Crippen molar-refractivity contribution in [2.24, 2.45) is 0 Å². The lowest BCUT2D eigenvalue weighted by atomic mass is 10.3. The van der Waals surface area contributed by atoms with Crippen LogP contribution in [0.5, 0.6) is 0 Å². The van der Waals surface area contributed by atoms with Gasteiger partial charge in [-0.3, -0.25) is 0 Å². The smallest absolute Gasteiger partial charge is 0.125 e. The van der Waals surface area contributed by atoms with Gasteiger partial charge in [-0.1, -0.05) is 11.6 Å². The zero-order valence-corrected chi connectivity index (χ0v) is 8.01. The second-order valence-electron chi connectivity index (χ2n) is 2.60. The SMILES string of the molecule is C#CCCCNc1ccc(Cl)cn1. The number of nitrogens with zero attached hydrogens (tertiary/aromatic N) is 1. The van der Waals surface area contributed by atoms with Gasteiger partial charge in [-0.15, -0.1) is 12.3 Å². The van der Waals surface area contributed by atoms with Crippen LogP contribution in [0.2, 0.25) is 5.02 Å². The molecule has 1 aromatic heterocycles. The number of hydrogen-bond acceptors (Lipinski definition) is 2. The molecule has 13 heavy (non-hydrogen) atoms. The largest absolute Gasteiger partial charge is 0.370 e. The normalized spacial score (nSPS) is 9.23. The lowest BCUT2D eigenvalue weighted by molar-refractivity contribution is 0.901. The first-order valence-corrected chi connectivity index (χ1v) is 4.49. The molecule has 0 amide bonds. The molecule has 1 aromatic rings. The van der Waals surface area contributed by atoms with Gasteiger partial charge >= 0.3 is 0 Å². The van der Waals surface area contributed by atoms with E-state index in [1.807, 2.05) is 6.07 Å². The summed E-state index contributed by atoms with van der Waals surface area (Å²) >= 11 is 5.68. The summed E-state index contributed by atoms with van der Waals surface area (Å²) in [5, 5.41) is 3.79. The van der Waals surface area contributed by atoms with Crippen molar-refractivity contribution in [3.63, 3.8) is 0 Å². The third kappa shape index (κ3) is 3.82. The van der Waals surface area contributed by atoms with E-state index in [0.29, 0.717) is 5.02 Å². The lowest BCUT2D eigenvalue weighted by Crippen LogP contribution is -2.02. The first-order valence-electron chi connectivity index (χ1n) is 4.12. The van der Waals surface area contributed by atoms with Gasteiger partial charge in [0.25, 0.3) is 0 Å². The fraction of sp³-hybridized carbons (Fsp3) is 0.300. The van der Waals surface area contributed by atoms with Crippen LogP contribution in [0.3, 0.4) is 0 Å². The maximum absolute atomic E-state index is 5.68. The van der Waals surface area contributed by atoms with E-state index in [-0.39, 0.29) is 0 Å². The summed E-state index contributed by atoms with van der Waals surface area (Å²) < 4.78 is 0. The summed E-state index contributed by atoms with van der Waals surface area (Å²) in [7, 11) is 0. The number of rotatable bonds is 4. The molecule has 0 aliphatic heterocycles. The molecule has 0 spiro atoms. The molecular formula is C10H11ClN2. The summed E-state index contributed by atoms with van der Waals surface area (Å²) in [6, 6.07) is 3.65. The number of unbranched alkanes of at least 4 members (excludes halogenated alkanes) is 1. The zero-order chi connectivity index (χ0) is 9.52. The quantitative estimate of drug-likeness (QED) is 0.589. The molecule has 3 heteroatoms. The molecule has 0 fully saturated rings. The van der Waals surface area contributed by atoms with Gasteiger partial charge in [-0.2, -0.15) is 0 Å². The summed E-state index contributed by atoms with van der Waals surface area (Å²) in [6.07, 6.45) is 8.48. The van der Waals surface area contributed by atoms with Crippen molar-refractivity contribution in [1.29, 1.82) is 0 Å². The van der Waals surface area contributed by atoms with E-state index >= 15 is 0 Å². The van der Waals surface area contributed by atoms with Crippen LogP contribution < -0.4 is 5.32 Å². The van der Waals surface area contributed by atoms with Crippen molar-refractivity contribution in [3.05, 3.63) is 23.4 Å². The van der Waals surface area contributed by atoms with Gasteiger partial charge < -0.3 is 5.32 Å². The van der Waals surface area contributed by atoms with Crippen molar-refractivity contribution in [2.45, 2.75) is 12.8 Å². The summed E-state index contributed by atoms with van der Waals surface area (Å²) in [5.41, 5.74) is 0. The molecule has 0 aliphatic carbocycles. The zero-order valence-electron chi connectivity index (χ0n) is 7.26. The minimum absolute atomic E-state index is 0.647. The molecule has 0 atom stereocenters. The minimum atomic E-state index is 0.647. The van der Waals surface area contributed by atoms with Gasteiger partial charge in [0.15, 0.2) is 0 Å². The van der Waals surface area contributed by atoms with Crippen molar-refractivity contribution in [1.82, 2.24) is 4.98 Å². The van der Waals surface area contributed by atoms with Gasteiger partial charge in [0.1, 0.15) is 5.82 Å².